The molecule has 1 fully saturated rings. The first-order chi connectivity index (χ1) is 10.1. The summed E-state index contributed by atoms with van der Waals surface area (Å²) in [4.78, 5) is 25.2. The molecule has 0 bridgehead atoms. The van der Waals surface area contributed by atoms with Gasteiger partial charge in [0.2, 0.25) is 5.91 Å². The highest BCUT2D eigenvalue weighted by Crippen LogP contribution is 2.28. The van der Waals surface area contributed by atoms with Crippen molar-refractivity contribution in [1.82, 2.24) is 4.90 Å². The molecule has 0 aliphatic carbocycles. The summed E-state index contributed by atoms with van der Waals surface area (Å²) < 4.78 is 6.22. The third-order valence-corrected chi connectivity index (χ3v) is 3.80. The predicted molar refractivity (Wildman–Crippen MR) is 87.5 cm³/mol. The number of anilines is 1. The van der Waals surface area contributed by atoms with Gasteiger partial charge in [-0.25, -0.2) is 4.79 Å². The highest BCUT2D eigenvalue weighted by atomic mass is 79.9. The lowest BCUT2D eigenvalue weighted by Gasteiger charge is -2.48. The molecule has 1 aliphatic heterocycles. The number of carbonyl (C=O) groups excluding carboxylic acids is 2. The van der Waals surface area contributed by atoms with Crippen LogP contribution in [0.1, 0.15) is 20.8 Å². The zero-order valence-corrected chi connectivity index (χ0v) is 14.4. The van der Waals surface area contributed by atoms with E-state index in [0.29, 0.717) is 0 Å². The van der Waals surface area contributed by atoms with Gasteiger partial charge in [0.1, 0.15) is 5.60 Å². The molecule has 120 valence electrons. The Balaban J connectivity index is 2.03. The minimum Gasteiger partial charge on any atom is -0.444 e. The van der Waals surface area contributed by atoms with Crippen LogP contribution in [0.15, 0.2) is 28.7 Å². The molecule has 0 radical (unpaired) electrons. The van der Waals surface area contributed by atoms with Crippen molar-refractivity contribution in [2.24, 2.45) is 5.73 Å². The molecule has 1 aromatic carbocycles. The van der Waals surface area contributed by atoms with Crippen LogP contribution in [0.4, 0.5) is 10.5 Å². The van der Waals surface area contributed by atoms with E-state index < -0.39 is 23.1 Å². The zero-order chi connectivity index (χ0) is 16.5. The first-order valence-corrected chi connectivity index (χ1v) is 7.72. The van der Waals surface area contributed by atoms with Gasteiger partial charge in [-0.05, 0) is 45.0 Å². The highest BCUT2D eigenvalue weighted by molar-refractivity contribution is 9.10. The number of carbonyl (C=O) groups is 2. The molecule has 22 heavy (non-hydrogen) atoms. The Bertz CT molecular complexity index is 575. The van der Waals surface area contributed by atoms with Gasteiger partial charge in [0.05, 0.1) is 13.1 Å². The molecular formula is C15H20BrN3O3. The number of rotatable bonds is 3. The fourth-order valence-electron chi connectivity index (χ4n) is 2.17. The minimum absolute atomic E-state index is 0.188. The summed E-state index contributed by atoms with van der Waals surface area (Å²) in [7, 11) is 0. The molecule has 2 rings (SSSR count). The molecule has 1 heterocycles. The van der Waals surface area contributed by atoms with E-state index in [1.807, 2.05) is 24.3 Å². The van der Waals surface area contributed by atoms with E-state index in [1.165, 1.54) is 4.90 Å². The van der Waals surface area contributed by atoms with E-state index in [2.05, 4.69) is 21.2 Å². The number of hydrogen-bond acceptors (Lipinski definition) is 4. The fourth-order valence-corrected chi connectivity index (χ4v) is 2.43. The summed E-state index contributed by atoms with van der Waals surface area (Å²) >= 11 is 3.35. The third-order valence-electron chi connectivity index (χ3n) is 3.27. The van der Waals surface area contributed by atoms with Crippen LogP contribution in [-0.2, 0) is 9.53 Å². The van der Waals surface area contributed by atoms with Crippen LogP contribution in [0, 0.1) is 0 Å². The highest BCUT2D eigenvalue weighted by Gasteiger charge is 2.51. The molecule has 0 atom stereocenters. The summed E-state index contributed by atoms with van der Waals surface area (Å²) in [6, 6.07) is 7.40. The zero-order valence-electron chi connectivity index (χ0n) is 12.9. The lowest BCUT2D eigenvalue weighted by atomic mass is 9.89. The molecule has 3 N–H and O–H groups in total. The van der Waals surface area contributed by atoms with Crippen molar-refractivity contribution in [3.8, 4) is 0 Å². The van der Waals surface area contributed by atoms with Crippen molar-refractivity contribution >= 4 is 33.6 Å². The van der Waals surface area contributed by atoms with Crippen LogP contribution in [-0.4, -0.2) is 41.1 Å². The number of primary amides is 1. The Labute approximate surface area is 138 Å². The Morgan fingerprint density at radius 1 is 1.27 bits per heavy atom. The number of ether oxygens (including phenoxy) is 1. The number of benzene rings is 1. The van der Waals surface area contributed by atoms with Gasteiger partial charge in [-0.3, -0.25) is 4.79 Å². The molecule has 1 saturated heterocycles. The molecule has 0 unspecified atom stereocenters. The second kappa shape index (κ2) is 5.79. The number of likely N-dealkylation sites (tertiary alicyclic amines) is 1. The van der Waals surface area contributed by atoms with Crippen LogP contribution in [0.5, 0.6) is 0 Å². The molecule has 1 aromatic rings. The molecule has 2 amide bonds. The fraction of sp³-hybridized carbons (Fsp3) is 0.467. The van der Waals surface area contributed by atoms with Gasteiger partial charge in [-0.2, -0.15) is 0 Å². The van der Waals surface area contributed by atoms with E-state index in [-0.39, 0.29) is 13.1 Å². The Morgan fingerprint density at radius 3 is 2.27 bits per heavy atom. The van der Waals surface area contributed by atoms with Gasteiger partial charge in [0, 0.05) is 10.2 Å². The van der Waals surface area contributed by atoms with Crippen molar-refractivity contribution < 1.29 is 14.3 Å². The van der Waals surface area contributed by atoms with E-state index >= 15 is 0 Å². The van der Waals surface area contributed by atoms with Gasteiger partial charge < -0.3 is 20.7 Å². The van der Waals surface area contributed by atoms with Gasteiger partial charge in [-0.15, -0.1) is 0 Å². The van der Waals surface area contributed by atoms with Crippen molar-refractivity contribution in [2.75, 3.05) is 18.4 Å². The van der Waals surface area contributed by atoms with E-state index in [9.17, 15) is 9.59 Å². The van der Waals surface area contributed by atoms with Gasteiger partial charge in [0.25, 0.3) is 0 Å². The third kappa shape index (κ3) is 3.71. The first-order valence-electron chi connectivity index (χ1n) is 6.93. The van der Waals surface area contributed by atoms with Crippen molar-refractivity contribution in [3.63, 3.8) is 0 Å². The summed E-state index contributed by atoms with van der Waals surface area (Å²) in [5.74, 6) is -0.491. The molecule has 7 heteroatoms. The molecule has 0 spiro atoms. The summed E-state index contributed by atoms with van der Waals surface area (Å²) in [6.45, 7) is 5.77. The lowest BCUT2D eigenvalue weighted by molar-refractivity contribution is -0.127. The molecule has 6 nitrogen and oxygen atoms in total. The van der Waals surface area contributed by atoms with E-state index in [0.717, 1.165) is 10.2 Å². The Hall–Kier alpha value is -1.76. The minimum atomic E-state index is -0.954. The van der Waals surface area contributed by atoms with Crippen molar-refractivity contribution in [1.29, 1.82) is 0 Å². The monoisotopic (exact) mass is 369 g/mol. The second-order valence-corrected chi connectivity index (χ2v) is 7.33. The Kier molecular flexibility index (Phi) is 4.37. The van der Waals surface area contributed by atoms with Crippen LogP contribution in [0.25, 0.3) is 0 Å². The topological polar surface area (TPSA) is 84.7 Å². The van der Waals surface area contributed by atoms with Gasteiger partial charge in [0.15, 0.2) is 5.54 Å². The van der Waals surface area contributed by atoms with Crippen molar-refractivity contribution in [2.45, 2.75) is 31.9 Å². The predicted octanol–water partition coefficient (Wildman–Crippen LogP) is 2.34. The number of halogens is 1. The molecule has 0 aromatic heterocycles. The maximum atomic E-state index is 12.0. The van der Waals surface area contributed by atoms with Crippen LogP contribution in [0.2, 0.25) is 0 Å². The van der Waals surface area contributed by atoms with Crippen molar-refractivity contribution in [3.05, 3.63) is 28.7 Å². The van der Waals surface area contributed by atoms with E-state index in [4.69, 9.17) is 10.5 Å². The van der Waals surface area contributed by atoms with Crippen LogP contribution in [0.3, 0.4) is 0 Å². The van der Waals surface area contributed by atoms with Crippen LogP contribution >= 0.6 is 15.9 Å². The summed E-state index contributed by atoms with van der Waals surface area (Å²) in [5, 5.41) is 3.12. The number of amides is 2. The summed E-state index contributed by atoms with van der Waals surface area (Å²) in [5.41, 5.74) is 4.76. The number of hydrogen-bond donors (Lipinski definition) is 2. The smallest absolute Gasteiger partial charge is 0.410 e. The molecule has 1 aliphatic rings. The maximum Gasteiger partial charge on any atom is 0.410 e. The van der Waals surface area contributed by atoms with Crippen LogP contribution < -0.4 is 11.1 Å². The maximum absolute atomic E-state index is 12.0. The SMILES string of the molecule is CC(C)(C)OC(=O)N1CC(Nc2ccc(Br)cc2)(C(N)=O)C1. The normalized spacial score (nSPS) is 16.6. The standard InChI is InChI=1S/C15H20BrN3O3/c1-14(2,3)22-13(21)19-8-15(9-19,12(17)20)18-11-6-4-10(16)5-7-11/h4-7,18H,8-9H2,1-3H3,(H2,17,20). The van der Waals surface area contributed by atoms with E-state index in [1.54, 1.807) is 20.8 Å². The number of nitrogens with one attached hydrogen (secondary N) is 1. The molecular weight excluding hydrogens is 350 g/mol. The average molecular weight is 370 g/mol. The van der Waals surface area contributed by atoms with Gasteiger partial charge >= 0.3 is 6.09 Å². The number of nitrogens with two attached hydrogens (primary N) is 1. The first kappa shape index (κ1) is 16.6. The largest absolute Gasteiger partial charge is 0.444 e. The van der Waals surface area contributed by atoms with Gasteiger partial charge in [-0.1, -0.05) is 15.9 Å². The average Bonchev–Trinajstić information content (AvgIpc) is 2.32. The quantitative estimate of drug-likeness (QED) is 0.856. The second-order valence-electron chi connectivity index (χ2n) is 6.41. The number of nitrogens with zero attached hydrogens (tertiary/aromatic N) is 1. The summed E-state index contributed by atoms with van der Waals surface area (Å²) in [6.07, 6.45) is -0.443. The molecule has 0 saturated carbocycles. The lowest BCUT2D eigenvalue weighted by Crippen LogP contribution is -2.73. The Morgan fingerprint density at radius 2 is 1.82 bits per heavy atom.